The van der Waals surface area contributed by atoms with Crippen LogP contribution in [0.15, 0.2) is 24.3 Å². The smallest absolute Gasteiger partial charge is 0.264 e. The van der Waals surface area contributed by atoms with Crippen LogP contribution in [-0.2, 0) is 9.59 Å². The molecule has 8 heteroatoms. The molecule has 2 N–H and O–H groups in total. The number of anilines is 2. The van der Waals surface area contributed by atoms with Gasteiger partial charge in [-0.1, -0.05) is 31.3 Å². The van der Waals surface area contributed by atoms with Gasteiger partial charge in [-0.15, -0.1) is 10.2 Å². The molecular weight excluding hydrogens is 340 g/mol. The van der Waals surface area contributed by atoms with Crippen LogP contribution in [0.2, 0.25) is 0 Å². The Hall–Kier alpha value is -2.48. The number of aromatic nitrogens is 2. The summed E-state index contributed by atoms with van der Waals surface area (Å²) in [7, 11) is 0. The molecule has 1 saturated carbocycles. The normalized spacial score (nSPS) is 13.6. The zero-order chi connectivity index (χ0) is 17.8. The van der Waals surface area contributed by atoms with Gasteiger partial charge in [-0.2, -0.15) is 0 Å². The Kier molecular flexibility index (Phi) is 5.28. The maximum absolute atomic E-state index is 12.0. The molecule has 3 rings (SSSR count). The van der Waals surface area contributed by atoms with Gasteiger partial charge in [0.25, 0.3) is 5.91 Å². The van der Waals surface area contributed by atoms with E-state index in [1.165, 1.54) is 11.3 Å². The third-order valence-electron chi connectivity index (χ3n) is 3.60. The zero-order valence-corrected chi connectivity index (χ0v) is 14.9. The van der Waals surface area contributed by atoms with Crippen molar-refractivity contribution in [3.63, 3.8) is 0 Å². The molecule has 0 bridgehead atoms. The lowest BCUT2D eigenvalue weighted by molar-refractivity contribution is -0.118. The van der Waals surface area contributed by atoms with Crippen LogP contribution in [0.5, 0.6) is 5.75 Å². The molecule has 1 aromatic heterocycles. The number of nitrogens with one attached hydrogen (secondary N) is 2. The fourth-order valence-electron chi connectivity index (χ4n) is 2.08. The van der Waals surface area contributed by atoms with Gasteiger partial charge in [-0.3, -0.25) is 14.9 Å². The average Bonchev–Trinajstić information content (AvgIpc) is 3.33. The van der Waals surface area contributed by atoms with Crippen molar-refractivity contribution in [2.45, 2.75) is 32.6 Å². The Morgan fingerprint density at radius 2 is 2.08 bits per heavy atom. The van der Waals surface area contributed by atoms with E-state index in [1.807, 2.05) is 13.8 Å². The maximum atomic E-state index is 12.0. The second kappa shape index (κ2) is 7.60. The van der Waals surface area contributed by atoms with Crippen LogP contribution in [0.1, 0.15) is 37.6 Å². The van der Waals surface area contributed by atoms with Gasteiger partial charge in [0.15, 0.2) is 6.61 Å². The largest absolute Gasteiger partial charge is 0.484 e. The number of rotatable bonds is 7. The van der Waals surface area contributed by atoms with E-state index < -0.39 is 0 Å². The lowest BCUT2D eigenvalue weighted by Gasteiger charge is -2.08. The number of carbonyl (C=O) groups is 2. The molecular formula is C17H20N4O3S. The number of benzene rings is 1. The first-order valence-electron chi connectivity index (χ1n) is 8.18. The Morgan fingerprint density at radius 3 is 2.76 bits per heavy atom. The first-order valence-corrected chi connectivity index (χ1v) is 9.00. The summed E-state index contributed by atoms with van der Waals surface area (Å²) in [6, 6.07) is 7.01. The molecule has 25 heavy (non-hydrogen) atoms. The van der Waals surface area contributed by atoms with Crippen molar-refractivity contribution in [3.05, 3.63) is 29.3 Å². The second-order valence-corrected chi connectivity index (χ2v) is 7.24. The summed E-state index contributed by atoms with van der Waals surface area (Å²) >= 11 is 1.35. The van der Waals surface area contributed by atoms with Gasteiger partial charge in [-0.25, -0.2) is 0 Å². The van der Waals surface area contributed by atoms with Gasteiger partial charge in [0, 0.05) is 23.6 Å². The molecule has 2 amide bonds. The highest BCUT2D eigenvalue weighted by Crippen LogP contribution is 2.30. The van der Waals surface area contributed by atoms with Crippen molar-refractivity contribution in [2.24, 2.45) is 5.92 Å². The lowest BCUT2D eigenvalue weighted by atomic mass is 10.2. The van der Waals surface area contributed by atoms with Crippen molar-refractivity contribution in [1.29, 1.82) is 0 Å². The highest BCUT2D eigenvalue weighted by atomic mass is 32.1. The number of amides is 2. The Labute approximate surface area is 149 Å². The predicted molar refractivity (Wildman–Crippen MR) is 95.9 cm³/mol. The maximum Gasteiger partial charge on any atom is 0.264 e. The molecule has 7 nitrogen and oxygen atoms in total. The monoisotopic (exact) mass is 360 g/mol. The summed E-state index contributed by atoms with van der Waals surface area (Å²) in [5.41, 5.74) is 0.667. The van der Waals surface area contributed by atoms with E-state index in [0.717, 1.165) is 17.8 Å². The second-order valence-electron chi connectivity index (χ2n) is 6.23. The van der Waals surface area contributed by atoms with Crippen molar-refractivity contribution < 1.29 is 14.3 Å². The van der Waals surface area contributed by atoms with E-state index >= 15 is 0 Å². The molecule has 0 aliphatic heterocycles. The van der Waals surface area contributed by atoms with Gasteiger partial charge in [0.2, 0.25) is 11.0 Å². The fraction of sp³-hybridized carbons (Fsp3) is 0.412. The first-order chi connectivity index (χ1) is 12.0. The summed E-state index contributed by atoms with van der Waals surface area (Å²) in [5.74, 6) is 0.654. The number of carbonyl (C=O) groups excluding carboxylic acids is 2. The minimum absolute atomic E-state index is 0.0344. The minimum Gasteiger partial charge on any atom is -0.484 e. The summed E-state index contributed by atoms with van der Waals surface area (Å²) < 4.78 is 5.49. The van der Waals surface area contributed by atoms with Crippen molar-refractivity contribution in [1.82, 2.24) is 10.2 Å². The number of hydrogen-bond acceptors (Lipinski definition) is 6. The predicted octanol–water partition coefficient (Wildman–Crippen LogP) is 3.03. The Bertz CT molecular complexity index is 771. The van der Waals surface area contributed by atoms with Crippen LogP contribution in [-0.4, -0.2) is 28.6 Å². The molecule has 1 aliphatic rings. The summed E-state index contributed by atoms with van der Waals surface area (Å²) in [6.45, 7) is 3.89. The van der Waals surface area contributed by atoms with Gasteiger partial charge < -0.3 is 10.1 Å². The Morgan fingerprint density at radius 1 is 1.28 bits per heavy atom. The molecule has 1 heterocycles. The van der Waals surface area contributed by atoms with Crippen molar-refractivity contribution in [2.75, 3.05) is 17.2 Å². The van der Waals surface area contributed by atoms with Crippen LogP contribution >= 0.6 is 11.3 Å². The van der Waals surface area contributed by atoms with Crippen LogP contribution in [0.4, 0.5) is 10.8 Å². The van der Waals surface area contributed by atoms with Crippen LogP contribution in [0, 0.1) is 5.92 Å². The van der Waals surface area contributed by atoms with E-state index in [1.54, 1.807) is 24.3 Å². The topological polar surface area (TPSA) is 93.2 Å². The third-order valence-corrected chi connectivity index (χ3v) is 4.74. The van der Waals surface area contributed by atoms with Crippen molar-refractivity contribution >= 4 is 34.0 Å². The van der Waals surface area contributed by atoms with E-state index in [9.17, 15) is 9.59 Å². The minimum atomic E-state index is -0.307. The molecule has 0 unspecified atom stereocenters. The average molecular weight is 360 g/mol. The molecule has 1 aliphatic carbocycles. The van der Waals surface area contributed by atoms with Gasteiger partial charge >= 0.3 is 0 Å². The molecule has 0 radical (unpaired) electrons. The highest BCUT2D eigenvalue weighted by Gasteiger charge is 2.29. The van der Waals surface area contributed by atoms with Crippen LogP contribution in [0.25, 0.3) is 0 Å². The SMILES string of the molecule is CC(C)c1nnc(NC(=O)COc2cccc(NC(=O)C3CC3)c2)s1. The number of nitrogens with zero attached hydrogens (tertiary/aromatic N) is 2. The lowest BCUT2D eigenvalue weighted by Crippen LogP contribution is -2.20. The van der Waals surface area contributed by atoms with E-state index in [2.05, 4.69) is 20.8 Å². The quantitative estimate of drug-likeness (QED) is 0.792. The summed E-state index contributed by atoms with van der Waals surface area (Å²) in [5, 5.41) is 14.8. The highest BCUT2D eigenvalue weighted by molar-refractivity contribution is 7.15. The molecule has 1 aromatic carbocycles. The van der Waals surface area contributed by atoms with E-state index in [0.29, 0.717) is 16.6 Å². The Balaban J connectivity index is 1.50. The molecule has 2 aromatic rings. The van der Waals surface area contributed by atoms with Gasteiger partial charge in [-0.05, 0) is 25.0 Å². The third kappa shape index (κ3) is 4.99. The van der Waals surface area contributed by atoms with Crippen molar-refractivity contribution in [3.8, 4) is 5.75 Å². The molecule has 0 atom stereocenters. The molecule has 0 saturated heterocycles. The first kappa shape index (κ1) is 17.3. The number of ether oxygens (including phenoxy) is 1. The van der Waals surface area contributed by atoms with E-state index in [-0.39, 0.29) is 30.3 Å². The van der Waals surface area contributed by atoms with Crippen LogP contribution < -0.4 is 15.4 Å². The molecule has 1 fully saturated rings. The molecule has 0 spiro atoms. The molecule has 132 valence electrons. The summed E-state index contributed by atoms with van der Waals surface area (Å²) in [4.78, 5) is 23.7. The standard InChI is InChI=1S/C17H20N4O3S/c1-10(2)16-20-21-17(25-16)19-14(22)9-24-13-5-3-4-12(8-13)18-15(23)11-6-7-11/h3-5,8,10-11H,6-7,9H2,1-2H3,(H,18,23)(H,19,21,22). The summed E-state index contributed by atoms with van der Waals surface area (Å²) in [6.07, 6.45) is 1.90. The van der Waals surface area contributed by atoms with Crippen LogP contribution in [0.3, 0.4) is 0 Å². The number of hydrogen-bond donors (Lipinski definition) is 2. The van der Waals surface area contributed by atoms with Gasteiger partial charge in [0.05, 0.1) is 0 Å². The fourth-order valence-corrected chi connectivity index (χ4v) is 2.84. The van der Waals surface area contributed by atoms with Gasteiger partial charge in [0.1, 0.15) is 10.8 Å². The zero-order valence-electron chi connectivity index (χ0n) is 14.1. The van der Waals surface area contributed by atoms with E-state index in [4.69, 9.17) is 4.74 Å².